The molecule has 21 heavy (non-hydrogen) atoms. The van der Waals surface area contributed by atoms with Crippen molar-refractivity contribution >= 4 is 33.9 Å². The number of hydrogen-bond donors (Lipinski definition) is 1. The zero-order chi connectivity index (χ0) is 14.2. The Hall–Kier alpha value is -1.47. The summed E-state index contributed by atoms with van der Waals surface area (Å²) < 4.78 is 4.34. The van der Waals surface area contributed by atoms with E-state index in [0.29, 0.717) is 12.5 Å². The van der Waals surface area contributed by atoms with E-state index in [4.69, 9.17) is 0 Å². The lowest BCUT2D eigenvalue weighted by atomic mass is 10.1. The molecule has 7 heteroatoms. The fourth-order valence-corrected chi connectivity index (χ4v) is 4.07. The van der Waals surface area contributed by atoms with Gasteiger partial charge in [-0.2, -0.15) is 4.37 Å². The van der Waals surface area contributed by atoms with Gasteiger partial charge in [0.05, 0.1) is 6.54 Å². The molecule has 1 amide bonds. The second kappa shape index (κ2) is 5.38. The highest BCUT2D eigenvalue weighted by Gasteiger charge is 2.28. The number of anilines is 1. The number of carbonyl (C=O) groups excluding carboxylic acids is 1. The first-order valence-corrected chi connectivity index (χ1v) is 8.85. The predicted octanol–water partition coefficient (Wildman–Crippen LogP) is 2.47. The zero-order valence-electron chi connectivity index (χ0n) is 11.5. The summed E-state index contributed by atoms with van der Waals surface area (Å²) in [5.41, 5.74) is 1.30. The van der Waals surface area contributed by atoms with Gasteiger partial charge in [0.15, 0.2) is 0 Å². The van der Waals surface area contributed by atoms with Crippen LogP contribution in [0.1, 0.15) is 35.0 Å². The van der Waals surface area contributed by atoms with Crippen LogP contribution in [0.5, 0.6) is 0 Å². The van der Waals surface area contributed by atoms with Crippen molar-refractivity contribution < 1.29 is 4.79 Å². The Labute approximate surface area is 131 Å². The fourth-order valence-electron chi connectivity index (χ4n) is 2.54. The largest absolute Gasteiger partial charge is 0.351 e. The lowest BCUT2D eigenvalue weighted by molar-refractivity contribution is -0.130. The summed E-state index contributed by atoms with van der Waals surface area (Å²) in [5.74, 6) is 1.64. The van der Waals surface area contributed by atoms with Gasteiger partial charge in [-0.1, -0.05) is 0 Å². The van der Waals surface area contributed by atoms with Crippen LogP contribution >= 0.6 is 22.9 Å². The Morgan fingerprint density at radius 3 is 3.24 bits per heavy atom. The molecule has 0 aromatic carbocycles. The quantitative estimate of drug-likeness (QED) is 0.940. The molecule has 2 aliphatic rings. The standard InChI is InChI=1S/C14H16N4OS2/c19-12(18-5-3-11-10(8-18)4-6-20-11)7-15-14-16-13(17-21-14)9-1-2-9/h4,6,9H,1-3,5,7-8H2,(H,15,16,17). The molecular formula is C14H16N4OS2. The van der Waals surface area contributed by atoms with Crippen molar-refractivity contribution in [3.8, 4) is 0 Å². The SMILES string of the molecule is O=C(CNc1nc(C2CC2)ns1)N1CCc2sccc2C1. The predicted molar refractivity (Wildman–Crippen MR) is 83.8 cm³/mol. The van der Waals surface area contributed by atoms with Gasteiger partial charge in [0.25, 0.3) is 0 Å². The highest BCUT2D eigenvalue weighted by atomic mass is 32.1. The minimum absolute atomic E-state index is 0.134. The average molecular weight is 320 g/mol. The number of rotatable bonds is 4. The van der Waals surface area contributed by atoms with Gasteiger partial charge in [0.1, 0.15) is 5.82 Å². The highest BCUT2D eigenvalue weighted by molar-refractivity contribution is 7.10. The van der Waals surface area contributed by atoms with Crippen molar-refractivity contribution in [2.45, 2.75) is 31.7 Å². The van der Waals surface area contributed by atoms with Crippen molar-refractivity contribution in [3.63, 3.8) is 0 Å². The third-order valence-corrected chi connectivity index (χ3v) is 5.65. The average Bonchev–Trinajstić information content (AvgIpc) is 3.07. The monoisotopic (exact) mass is 320 g/mol. The fraction of sp³-hybridized carbons (Fsp3) is 0.500. The number of aromatic nitrogens is 2. The van der Waals surface area contributed by atoms with Crippen LogP contribution in [0, 0.1) is 0 Å². The molecule has 0 unspecified atom stereocenters. The van der Waals surface area contributed by atoms with E-state index < -0.39 is 0 Å². The number of fused-ring (bicyclic) bond motifs is 1. The smallest absolute Gasteiger partial charge is 0.242 e. The molecular weight excluding hydrogens is 304 g/mol. The first-order chi connectivity index (χ1) is 10.3. The molecule has 1 aliphatic heterocycles. The van der Waals surface area contributed by atoms with Crippen LogP contribution in [-0.2, 0) is 17.8 Å². The summed E-state index contributed by atoms with van der Waals surface area (Å²) in [6.07, 6.45) is 3.38. The molecule has 1 N–H and O–H groups in total. The Morgan fingerprint density at radius 1 is 1.48 bits per heavy atom. The van der Waals surface area contributed by atoms with E-state index in [1.807, 2.05) is 4.90 Å². The summed E-state index contributed by atoms with van der Waals surface area (Å²) >= 11 is 3.15. The van der Waals surface area contributed by atoms with Crippen molar-refractivity contribution in [1.82, 2.24) is 14.3 Å². The van der Waals surface area contributed by atoms with Crippen LogP contribution in [0.25, 0.3) is 0 Å². The molecule has 0 saturated heterocycles. The third kappa shape index (κ3) is 2.80. The first-order valence-electron chi connectivity index (χ1n) is 7.20. The van der Waals surface area contributed by atoms with Gasteiger partial charge in [0.2, 0.25) is 11.0 Å². The molecule has 1 saturated carbocycles. The summed E-state index contributed by atoms with van der Waals surface area (Å²) in [4.78, 5) is 20.1. The van der Waals surface area contributed by atoms with Crippen LogP contribution in [-0.4, -0.2) is 33.3 Å². The van der Waals surface area contributed by atoms with Crippen LogP contribution in [0.3, 0.4) is 0 Å². The lowest BCUT2D eigenvalue weighted by Gasteiger charge is -2.27. The Morgan fingerprint density at radius 2 is 2.38 bits per heavy atom. The number of thiophene rings is 1. The van der Waals surface area contributed by atoms with Crippen molar-refractivity contribution in [2.75, 3.05) is 18.4 Å². The Kier molecular flexibility index (Phi) is 3.39. The van der Waals surface area contributed by atoms with Crippen molar-refractivity contribution in [3.05, 3.63) is 27.7 Å². The van der Waals surface area contributed by atoms with Gasteiger partial charge < -0.3 is 10.2 Å². The Balaban J connectivity index is 1.33. The number of nitrogens with one attached hydrogen (secondary N) is 1. The number of hydrogen-bond acceptors (Lipinski definition) is 6. The number of amides is 1. The van der Waals surface area contributed by atoms with E-state index in [-0.39, 0.29) is 5.91 Å². The molecule has 3 heterocycles. The molecule has 110 valence electrons. The van der Waals surface area contributed by atoms with Crippen LogP contribution < -0.4 is 5.32 Å². The second-order valence-corrected chi connectivity index (χ2v) is 7.27. The van der Waals surface area contributed by atoms with Crippen molar-refractivity contribution in [1.29, 1.82) is 0 Å². The van der Waals surface area contributed by atoms with Crippen LogP contribution in [0.15, 0.2) is 11.4 Å². The summed E-state index contributed by atoms with van der Waals surface area (Å²) in [5, 5.41) is 5.99. The van der Waals surface area contributed by atoms with E-state index >= 15 is 0 Å². The second-order valence-electron chi connectivity index (χ2n) is 5.52. The third-order valence-electron chi connectivity index (χ3n) is 3.94. The van der Waals surface area contributed by atoms with Gasteiger partial charge >= 0.3 is 0 Å². The molecule has 2 aromatic heterocycles. The molecule has 4 rings (SSSR count). The van der Waals surface area contributed by atoms with Gasteiger partial charge in [-0.05, 0) is 36.3 Å². The Bertz CT molecular complexity index is 661. The van der Waals surface area contributed by atoms with E-state index in [0.717, 1.165) is 30.5 Å². The van der Waals surface area contributed by atoms with E-state index in [1.54, 1.807) is 11.3 Å². The minimum Gasteiger partial charge on any atom is -0.351 e. The van der Waals surface area contributed by atoms with Gasteiger partial charge in [-0.25, -0.2) is 4.98 Å². The topological polar surface area (TPSA) is 58.1 Å². The van der Waals surface area contributed by atoms with Gasteiger partial charge in [-0.15, -0.1) is 11.3 Å². The maximum Gasteiger partial charge on any atom is 0.242 e. The zero-order valence-corrected chi connectivity index (χ0v) is 13.2. The first kappa shape index (κ1) is 13.2. The molecule has 1 aliphatic carbocycles. The summed E-state index contributed by atoms with van der Waals surface area (Å²) in [6, 6.07) is 2.12. The molecule has 0 bridgehead atoms. The lowest BCUT2D eigenvalue weighted by Crippen LogP contribution is -2.38. The van der Waals surface area contributed by atoms with Crippen LogP contribution in [0.4, 0.5) is 5.13 Å². The van der Waals surface area contributed by atoms with E-state index in [2.05, 4.69) is 26.1 Å². The maximum absolute atomic E-state index is 12.3. The normalized spacial score (nSPS) is 17.6. The highest BCUT2D eigenvalue weighted by Crippen LogP contribution is 2.39. The summed E-state index contributed by atoms with van der Waals surface area (Å²) in [6.45, 7) is 1.86. The molecule has 0 radical (unpaired) electrons. The molecule has 0 atom stereocenters. The van der Waals surface area contributed by atoms with Gasteiger partial charge in [-0.3, -0.25) is 4.79 Å². The summed E-state index contributed by atoms with van der Waals surface area (Å²) in [7, 11) is 0. The van der Waals surface area contributed by atoms with Crippen molar-refractivity contribution in [2.24, 2.45) is 0 Å². The van der Waals surface area contributed by atoms with E-state index in [9.17, 15) is 4.79 Å². The molecule has 2 aromatic rings. The number of carbonyl (C=O) groups is 1. The maximum atomic E-state index is 12.3. The van der Waals surface area contributed by atoms with Crippen LogP contribution in [0.2, 0.25) is 0 Å². The molecule has 1 fully saturated rings. The molecule has 5 nitrogen and oxygen atoms in total. The molecule has 0 spiro atoms. The minimum atomic E-state index is 0.134. The van der Waals surface area contributed by atoms with Gasteiger partial charge in [0, 0.05) is 35.4 Å². The van der Waals surface area contributed by atoms with E-state index in [1.165, 1.54) is 34.8 Å². The number of nitrogens with zero attached hydrogens (tertiary/aromatic N) is 3.